The summed E-state index contributed by atoms with van der Waals surface area (Å²) >= 11 is 0. The Hall–Kier alpha value is -1.09. The largest absolute Gasteiger partial charge is 0.474 e. The van der Waals surface area contributed by atoms with E-state index in [0.717, 1.165) is 24.5 Å². The Morgan fingerprint density at radius 1 is 1.39 bits per heavy atom. The van der Waals surface area contributed by atoms with Crippen LogP contribution in [-0.4, -0.2) is 11.1 Å². The second-order valence-corrected chi connectivity index (χ2v) is 6.32. The lowest BCUT2D eigenvalue weighted by Crippen LogP contribution is -2.34. The second-order valence-electron chi connectivity index (χ2n) is 6.32. The summed E-state index contributed by atoms with van der Waals surface area (Å²) in [4.78, 5) is 4.41. The van der Waals surface area contributed by atoms with E-state index >= 15 is 0 Å². The van der Waals surface area contributed by atoms with Gasteiger partial charge in [-0.25, -0.2) is 4.98 Å². The van der Waals surface area contributed by atoms with E-state index in [1.807, 2.05) is 18.2 Å². The van der Waals surface area contributed by atoms with Gasteiger partial charge >= 0.3 is 0 Å². The molecule has 1 aromatic heterocycles. The van der Waals surface area contributed by atoms with Crippen molar-refractivity contribution in [1.82, 2.24) is 4.98 Å². The van der Waals surface area contributed by atoms with Crippen molar-refractivity contribution in [3.05, 3.63) is 23.9 Å². The lowest BCUT2D eigenvalue weighted by atomic mass is 9.71. The monoisotopic (exact) mass is 248 g/mol. The van der Waals surface area contributed by atoms with Crippen LogP contribution in [0.1, 0.15) is 45.7 Å². The second kappa shape index (κ2) is 5.27. The zero-order chi connectivity index (χ0) is 13.2. The highest BCUT2D eigenvalue weighted by Crippen LogP contribution is 2.39. The van der Waals surface area contributed by atoms with Gasteiger partial charge in [0.2, 0.25) is 5.88 Å². The first kappa shape index (κ1) is 13.3. The summed E-state index contributed by atoms with van der Waals surface area (Å²) in [6.45, 7) is 7.41. The van der Waals surface area contributed by atoms with E-state index in [2.05, 4.69) is 25.8 Å². The molecule has 3 heteroatoms. The van der Waals surface area contributed by atoms with Gasteiger partial charge in [-0.1, -0.05) is 26.8 Å². The molecular weight excluding hydrogens is 224 g/mol. The molecule has 0 amide bonds. The average Bonchev–Trinajstić information content (AvgIpc) is 2.26. The van der Waals surface area contributed by atoms with Crippen molar-refractivity contribution in [2.75, 3.05) is 0 Å². The van der Waals surface area contributed by atoms with Crippen molar-refractivity contribution >= 4 is 0 Å². The van der Waals surface area contributed by atoms with E-state index in [9.17, 15) is 0 Å². The van der Waals surface area contributed by atoms with Gasteiger partial charge in [0.15, 0.2) is 0 Å². The molecule has 3 nitrogen and oxygen atoms in total. The summed E-state index contributed by atoms with van der Waals surface area (Å²) in [6, 6.07) is 5.81. The minimum atomic E-state index is 0.282. The zero-order valence-electron chi connectivity index (χ0n) is 11.6. The third-order valence-corrected chi connectivity index (χ3v) is 3.62. The number of nitrogens with zero attached hydrogens (tertiary/aromatic N) is 1. The predicted molar refractivity (Wildman–Crippen MR) is 73.3 cm³/mol. The molecule has 2 N–H and O–H groups in total. The minimum absolute atomic E-state index is 0.282. The molecule has 0 radical (unpaired) electrons. The maximum atomic E-state index is 6.04. The molecule has 1 aromatic rings. The number of hydrogen-bond donors (Lipinski definition) is 1. The Morgan fingerprint density at radius 2 is 2.17 bits per heavy atom. The maximum absolute atomic E-state index is 6.04. The Balaban J connectivity index is 2.04. The van der Waals surface area contributed by atoms with Crippen LogP contribution in [0, 0.1) is 11.3 Å². The molecule has 0 spiro atoms. The molecule has 2 rings (SSSR count). The van der Waals surface area contributed by atoms with Crippen LogP contribution in [0.25, 0.3) is 0 Å². The standard InChI is InChI=1S/C15H24N2O/c1-11-7-13(9-15(2,3)8-11)18-14-6-4-5-12(10-16)17-14/h4-6,11,13H,7-10,16H2,1-3H3. The molecule has 18 heavy (non-hydrogen) atoms. The molecule has 1 aliphatic rings. The van der Waals surface area contributed by atoms with E-state index in [-0.39, 0.29) is 6.10 Å². The van der Waals surface area contributed by atoms with Crippen LogP contribution in [0.3, 0.4) is 0 Å². The first-order chi connectivity index (χ1) is 8.48. The molecule has 1 fully saturated rings. The Bertz CT molecular complexity index is 403. The molecule has 0 saturated heterocycles. The zero-order valence-corrected chi connectivity index (χ0v) is 11.6. The van der Waals surface area contributed by atoms with Crippen LogP contribution in [0.4, 0.5) is 0 Å². The molecule has 2 unspecified atom stereocenters. The number of ether oxygens (including phenoxy) is 1. The molecule has 0 aromatic carbocycles. The van der Waals surface area contributed by atoms with Gasteiger partial charge in [-0.3, -0.25) is 0 Å². The van der Waals surface area contributed by atoms with Crippen molar-refractivity contribution in [3.63, 3.8) is 0 Å². The fraction of sp³-hybridized carbons (Fsp3) is 0.667. The molecule has 1 heterocycles. The van der Waals surface area contributed by atoms with Gasteiger partial charge in [0, 0.05) is 12.6 Å². The quantitative estimate of drug-likeness (QED) is 0.894. The fourth-order valence-corrected chi connectivity index (χ4v) is 3.16. The van der Waals surface area contributed by atoms with Crippen LogP contribution >= 0.6 is 0 Å². The summed E-state index contributed by atoms with van der Waals surface area (Å²) in [5.74, 6) is 1.43. The third-order valence-electron chi connectivity index (χ3n) is 3.62. The topological polar surface area (TPSA) is 48.1 Å². The molecule has 1 saturated carbocycles. The lowest BCUT2D eigenvalue weighted by Gasteiger charge is -2.38. The molecule has 2 atom stereocenters. The number of rotatable bonds is 3. The van der Waals surface area contributed by atoms with Gasteiger partial charge in [-0.15, -0.1) is 0 Å². The Labute approximate surface area is 110 Å². The summed E-state index contributed by atoms with van der Waals surface area (Å²) in [5, 5.41) is 0. The lowest BCUT2D eigenvalue weighted by molar-refractivity contribution is 0.0531. The highest BCUT2D eigenvalue weighted by Gasteiger charge is 2.33. The van der Waals surface area contributed by atoms with Crippen LogP contribution < -0.4 is 10.5 Å². The van der Waals surface area contributed by atoms with E-state index in [1.165, 1.54) is 6.42 Å². The first-order valence-corrected chi connectivity index (χ1v) is 6.81. The van der Waals surface area contributed by atoms with Crippen molar-refractivity contribution in [1.29, 1.82) is 0 Å². The maximum Gasteiger partial charge on any atom is 0.213 e. The summed E-state index contributed by atoms with van der Waals surface area (Å²) in [7, 11) is 0. The van der Waals surface area contributed by atoms with Crippen LogP contribution in [0.2, 0.25) is 0 Å². The van der Waals surface area contributed by atoms with E-state index in [1.54, 1.807) is 0 Å². The van der Waals surface area contributed by atoms with Crippen molar-refractivity contribution in [2.45, 2.75) is 52.7 Å². The summed E-state index contributed by atoms with van der Waals surface area (Å²) in [5.41, 5.74) is 6.85. The summed E-state index contributed by atoms with van der Waals surface area (Å²) < 4.78 is 6.04. The van der Waals surface area contributed by atoms with Crippen molar-refractivity contribution in [3.8, 4) is 5.88 Å². The van der Waals surface area contributed by atoms with E-state index in [0.29, 0.717) is 17.8 Å². The Kier molecular flexibility index (Phi) is 3.91. The van der Waals surface area contributed by atoms with E-state index < -0.39 is 0 Å². The van der Waals surface area contributed by atoms with Gasteiger partial charge in [0.25, 0.3) is 0 Å². The predicted octanol–water partition coefficient (Wildman–Crippen LogP) is 3.13. The number of nitrogens with two attached hydrogens (primary N) is 1. The molecule has 100 valence electrons. The smallest absolute Gasteiger partial charge is 0.213 e. The first-order valence-electron chi connectivity index (χ1n) is 6.81. The van der Waals surface area contributed by atoms with Crippen molar-refractivity contribution < 1.29 is 4.74 Å². The number of pyridine rings is 1. The van der Waals surface area contributed by atoms with E-state index in [4.69, 9.17) is 10.5 Å². The molecule has 1 aliphatic carbocycles. The minimum Gasteiger partial charge on any atom is -0.474 e. The number of hydrogen-bond acceptors (Lipinski definition) is 3. The Morgan fingerprint density at radius 3 is 2.83 bits per heavy atom. The van der Waals surface area contributed by atoms with Gasteiger partial charge in [-0.2, -0.15) is 0 Å². The molecule has 0 bridgehead atoms. The highest BCUT2D eigenvalue weighted by molar-refractivity contribution is 5.16. The summed E-state index contributed by atoms with van der Waals surface area (Å²) in [6.07, 6.45) is 3.79. The SMILES string of the molecule is CC1CC(Oc2cccc(CN)n2)CC(C)(C)C1. The highest BCUT2D eigenvalue weighted by atomic mass is 16.5. The van der Waals surface area contributed by atoms with Crippen molar-refractivity contribution in [2.24, 2.45) is 17.1 Å². The van der Waals surface area contributed by atoms with Gasteiger partial charge in [0.05, 0.1) is 5.69 Å². The van der Waals surface area contributed by atoms with Crippen LogP contribution in [-0.2, 0) is 6.54 Å². The number of aromatic nitrogens is 1. The normalized spacial score (nSPS) is 26.9. The van der Waals surface area contributed by atoms with Crippen LogP contribution in [0.15, 0.2) is 18.2 Å². The average molecular weight is 248 g/mol. The third kappa shape index (κ3) is 3.45. The van der Waals surface area contributed by atoms with Crippen LogP contribution in [0.5, 0.6) is 5.88 Å². The van der Waals surface area contributed by atoms with Gasteiger partial charge in [0.1, 0.15) is 6.10 Å². The van der Waals surface area contributed by atoms with Gasteiger partial charge in [-0.05, 0) is 36.7 Å². The molecular formula is C15H24N2O. The molecule has 0 aliphatic heterocycles. The van der Waals surface area contributed by atoms with Gasteiger partial charge < -0.3 is 10.5 Å². The fourth-order valence-electron chi connectivity index (χ4n) is 3.16.